The van der Waals surface area contributed by atoms with Gasteiger partial charge in [0.2, 0.25) is 15.9 Å². The van der Waals surface area contributed by atoms with E-state index in [9.17, 15) is 13.2 Å². The third-order valence-electron chi connectivity index (χ3n) is 5.06. The molecule has 6 nitrogen and oxygen atoms in total. The molecule has 2 fully saturated rings. The van der Waals surface area contributed by atoms with Crippen LogP contribution in [0.5, 0.6) is 5.75 Å². The predicted molar refractivity (Wildman–Crippen MR) is 90.4 cm³/mol. The van der Waals surface area contributed by atoms with Crippen LogP contribution in [0.1, 0.15) is 32.1 Å². The number of primary amides is 1. The molecule has 132 valence electrons. The molecule has 1 aliphatic heterocycles. The van der Waals surface area contributed by atoms with Crippen molar-refractivity contribution in [3.05, 3.63) is 23.2 Å². The van der Waals surface area contributed by atoms with E-state index in [1.165, 1.54) is 29.6 Å². The summed E-state index contributed by atoms with van der Waals surface area (Å²) in [5, 5.41) is 0.216. The average Bonchev–Trinajstić information content (AvgIpc) is 2.95. The third-order valence-corrected chi connectivity index (χ3v) is 7.28. The lowest BCUT2D eigenvalue weighted by Crippen LogP contribution is -2.48. The molecule has 0 spiro atoms. The van der Waals surface area contributed by atoms with Gasteiger partial charge in [0.15, 0.2) is 0 Å². The summed E-state index contributed by atoms with van der Waals surface area (Å²) in [5.41, 5.74) is 5.50. The quantitative estimate of drug-likeness (QED) is 0.876. The topological polar surface area (TPSA) is 89.7 Å². The van der Waals surface area contributed by atoms with Crippen LogP contribution in [-0.2, 0) is 14.8 Å². The molecule has 0 radical (unpaired) electrons. The molecule has 0 unspecified atom stereocenters. The third kappa shape index (κ3) is 2.89. The Bertz CT molecular complexity index is 752. The fourth-order valence-electron chi connectivity index (χ4n) is 3.94. The highest BCUT2D eigenvalue weighted by molar-refractivity contribution is 7.89. The van der Waals surface area contributed by atoms with E-state index in [4.69, 9.17) is 22.1 Å². The van der Waals surface area contributed by atoms with E-state index in [2.05, 4.69) is 0 Å². The van der Waals surface area contributed by atoms with Crippen LogP contribution in [0.15, 0.2) is 23.1 Å². The van der Waals surface area contributed by atoms with Crippen molar-refractivity contribution in [2.24, 2.45) is 11.7 Å². The summed E-state index contributed by atoms with van der Waals surface area (Å²) < 4.78 is 32.7. The number of halogens is 1. The van der Waals surface area contributed by atoms with Gasteiger partial charge in [0, 0.05) is 6.04 Å². The van der Waals surface area contributed by atoms with Crippen molar-refractivity contribution >= 4 is 27.5 Å². The van der Waals surface area contributed by atoms with E-state index < -0.39 is 22.0 Å². The van der Waals surface area contributed by atoms with E-state index in [0.29, 0.717) is 12.2 Å². The molecule has 1 aromatic rings. The maximum absolute atomic E-state index is 13.2. The second-order valence-corrected chi connectivity index (χ2v) is 8.65. The number of carbonyl (C=O) groups is 1. The van der Waals surface area contributed by atoms with Crippen LogP contribution in [0, 0.1) is 5.92 Å². The molecule has 3 rings (SSSR count). The Morgan fingerprint density at radius 1 is 1.33 bits per heavy atom. The van der Waals surface area contributed by atoms with E-state index in [1.54, 1.807) is 0 Å². The maximum Gasteiger partial charge on any atom is 0.244 e. The number of rotatable bonds is 4. The molecule has 2 N–H and O–H groups in total. The molecular formula is C16H21ClN2O4S. The number of amides is 1. The highest BCUT2D eigenvalue weighted by atomic mass is 35.5. The second kappa shape index (κ2) is 6.54. The zero-order chi connectivity index (χ0) is 17.5. The molecule has 8 heteroatoms. The number of ether oxygens (including phenoxy) is 1. The highest BCUT2D eigenvalue weighted by Gasteiger charge is 2.50. The average molecular weight is 373 g/mol. The van der Waals surface area contributed by atoms with Gasteiger partial charge in [-0.3, -0.25) is 4.79 Å². The molecule has 1 saturated heterocycles. The van der Waals surface area contributed by atoms with E-state index >= 15 is 0 Å². The van der Waals surface area contributed by atoms with Crippen LogP contribution in [0.4, 0.5) is 0 Å². The van der Waals surface area contributed by atoms with Gasteiger partial charge in [0.1, 0.15) is 11.8 Å². The first-order valence-electron chi connectivity index (χ1n) is 8.02. The maximum atomic E-state index is 13.2. The van der Waals surface area contributed by atoms with Crippen molar-refractivity contribution in [2.75, 3.05) is 7.11 Å². The first-order valence-corrected chi connectivity index (χ1v) is 9.84. The summed E-state index contributed by atoms with van der Waals surface area (Å²) in [6.07, 6.45) is 4.22. The smallest absolute Gasteiger partial charge is 0.244 e. The summed E-state index contributed by atoms with van der Waals surface area (Å²) in [6.45, 7) is 0. The van der Waals surface area contributed by atoms with Crippen molar-refractivity contribution in [1.29, 1.82) is 0 Å². The van der Waals surface area contributed by atoms with Gasteiger partial charge in [-0.05, 0) is 43.4 Å². The number of hydrogen-bond acceptors (Lipinski definition) is 4. The summed E-state index contributed by atoms with van der Waals surface area (Å²) in [6, 6.07) is 3.38. The molecular weight excluding hydrogens is 352 g/mol. The summed E-state index contributed by atoms with van der Waals surface area (Å²) >= 11 is 6.08. The van der Waals surface area contributed by atoms with Crippen molar-refractivity contribution in [1.82, 2.24) is 4.31 Å². The first kappa shape index (κ1) is 17.5. The molecule has 3 atom stereocenters. The lowest BCUT2D eigenvalue weighted by Gasteiger charge is -2.32. The molecule has 1 saturated carbocycles. The van der Waals surface area contributed by atoms with Gasteiger partial charge < -0.3 is 10.5 Å². The first-order chi connectivity index (χ1) is 11.4. The predicted octanol–water partition coefficient (Wildman–Crippen LogP) is 2.16. The normalized spacial score (nSPS) is 27.7. The van der Waals surface area contributed by atoms with Crippen LogP contribution < -0.4 is 10.5 Å². The molecule has 0 bridgehead atoms. The van der Waals surface area contributed by atoms with Crippen LogP contribution in [0.2, 0.25) is 5.02 Å². The summed E-state index contributed by atoms with van der Waals surface area (Å²) in [5.74, 6) is 0.00589. The minimum atomic E-state index is -3.86. The monoisotopic (exact) mass is 372 g/mol. The zero-order valence-electron chi connectivity index (χ0n) is 13.4. The minimum absolute atomic E-state index is 0.0609. The highest BCUT2D eigenvalue weighted by Crippen LogP contribution is 2.43. The standard InChI is InChI=1S/C16H21ClN2O4S/c1-23-15-7-6-11(9-12(15)17)24(21,22)19-13-5-3-2-4-10(13)8-14(19)16(18)20/h6-7,9-10,13-14H,2-5,8H2,1H3,(H2,18,20)/t10-,13+,14+/m1/s1. The molecule has 1 aromatic carbocycles. The van der Waals surface area contributed by atoms with Crippen molar-refractivity contribution in [3.63, 3.8) is 0 Å². The van der Waals surface area contributed by atoms with Crippen molar-refractivity contribution < 1.29 is 17.9 Å². The van der Waals surface area contributed by atoms with Crippen LogP contribution in [-0.4, -0.2) is 37.8 Å². The van der Waals surface area contributed by atoms with Gasteiger partial charge in [0.25, 0.3) is 0 Å². The van der Waals surface area contributed by atoms with Crippen LogP contribution in [0.3, 0.4) is 0 Å². The van der Waals surface area contributed by atoms with E-state index in [1.807, 2.05) is 0 Å². The number of sulfonamides is 1. The Balaban J connectivity index is 2.02. The molecule has 1 aliphatic carbocycles. The summed E-state index contributed by atoms with van der Waals surface area (Å²) in [4.78, 5) is 11.9. The summed E-state index contributed by atoms with van der Waals surface area (Å²) in [7, 11) is -2.39. The van der Waals surface area contributed by atoms with Gasteiger partial charge in [-0.25, -0.2) is 8.42 Å². The fourth-order valence-corrected chi connectivity index (χ4v) is 6.17. The minimum Gasteiger partial charge on any atom is -0.495 e. The van der Waals surface area contributed by atoms with Gasteiger partial charge in [-0.15, -0.1) is 0 Å². The Hall–Kier alpha value is -1.31. The number of carbonyl (C=O) groups excluding carboxylic acids is 1. The Morgan fingerprint density at radius 2 is 2.04 bits per heavy atom. The SMILES string of the molecule is COc1ccc(S(=O)(=O)N2[C@H](C(N)=O)C[C@H]3CCCC[C@@H]32)cc1Cl. The second-order valence-electron chi connectivity index (χ2n) is 6.40. The molecule has 1 amide bonds. The van der Waals surface area contributed by atoms with E-state index in [0.717, 1.165) is 25.7 Å². The number of nitrogens with zero attached hydrogens (tertiary/aromatic N) is 1. The van der Waals surface area contributed by atoms with Gasteiger partial charge in [0.05, 0.1) is 17.0 Å². The Kier molecular flexibility index (Phi) is 4.77. The van der Waals surface area contributed by atoms with Crippen molar-refractivity contribution in [2.45, 2.75) is 49.1 Å². The largest absolute Gasteiger partial charge is 0.495 e. The zero-order valence-corrected chi connectivity index (χ0v) is 15.0. The lowest BCUT2D eigenvalue weighted by atomic mass is 9.85. The van der Waals surface area contributed by atoms with Crippen LogP contribution >= 0.6 is 11.6 Å². The van der Waals surface area contributed by atoms with Crippen LogP contribution in [0.25, 0.3) is 0 Å². The van der Waals surface area contributed by atoms with Gasteiger partial charge in [-0.2, -0.15) is 4.31 Å². The van der Waals surface area contributed by atoms with Gasteiger partial charge >= 0.3 is 0 Å². The molecule has 1 heterocycles. The number of fused-ring (bicyclic) bond motifs is 1. The molecule has 2 aliphatic rings. The van der Waals surface area contributed by atoms with Gasteiger partial charge in [-0.1, -0.05) is 24.4 Å². The fraction of sp³-hybridized carbons (Fsp3) is 0.562. The lowest BCUT2D eigenvalue weighted by molar-refractivity contribution is -0.121. The van der Waals surface area contributed by atoms with E-state index in [-0.39, 0.29) is 21.9 Å². The number of hydrogen-bond donors (Lipinski definition) is 1. The number of nitrogens with two attached hydrogens (primary N) is 1. The molecule has 24 heavy (non-hydrogen) atoms. The Labute approximate surface area is 147 Å². The Morgan fingerprint density at radius 3 is 2.67 bits per heavy atom. The number of benzene rings is 1. The molecule has 0 aromatic heterocycles. The van der Waals surface area contributed by atoms with Crippen molar-refractivity contribution in [3.8, 4) is 5.75 Å². The number of methoxy groups -OCH3 is 1.